The fourth-order valence-electron chi connectivity index (χ4n) is 1.59. The molecule has 0 atom stereocenters. The van der Waals surface area contributed by atoms with Crippen LogP contribution in [0.2, 0.25) is 0 Å². The van der Waals surface area contributed by atoms with E-state index in [0.717, 1.165) is 12.8 Å². The van der Waals surface area contributed by atoms with Crippen LogP contribution in [0, 0.1) is 21.7 Å². The fourth-order valence-corrected chi connectivity index (χ4v) is 1.59. The van der Waals surface area contributed by atoms with Crippen LogP contribution >= 0.6 is 0 Å². The number of nitro groups is 1. The number of carbonyl (C=O) groups is 1. The molecule has 0 spiro atoms. The van der Waals surface area contributed by atoms with E-state index in [1.54, 1.807) is 0 Å². The number of amides is 1. The Kier molecular flexibility index (Phi) is 5.98. The average molecular weight is 287 g/mol. The van der Waals surface area contributed by atoms with Gasteiger partial charge >= 0.3 is 5.69 Å². The maximum atomic E-state index is 13.4. The van der Waals surface area contributed by atoms with Gasteiger partial charge in [0.05, 0.1) is 10.6 Å². The molecule has 20 heavy (non-hydrogen) atoms. The first-order chi connectivity index (χ1) is 9.45. The van der Waals surface area contributed by atoms with Gasteiger partial charge in [-0.1, -0.05) is 6.42 Å². The second-order valence-electron chi connectivity index (χ2n) is 4.19. The van der Waals surface area contributed by atoms with Crippen molar-refractivity contribution >= 4 is 17.3 Å². The lowest BCUT2D eigenvalue weighted by Gasteiger charge is -2.06. The van der Waals surface area contributed by atoms with Crippen LogP contribution in [-0.2, 0) is 4.79 Å². The minimum absolute atomic E-state index is 0.143. The van der Waals surface area contributed by atoms with Gasteiger partial charge in [0.2, 0.25) is 11.7 Å². The molecule has 0 aliphatic rings. The Balaban J connectivity index is 2.69. The largest absolute Gasteiger partial charge is 0.330 e. The Bertz CT molecular complexity index is 509. The zero-order valence-electron chi connectivity index (χ0n) is 10.7. The van der Waals surface area contributed by atoms with Crippen LogP contribution in [0.4, 0.5) is 20.2 Å². The number of halogens is 2. The maximum absolute atomic E-state index is 13.4. The van der Waals surface area contributed by atoms with Crippen molar-refractivity contribution < 1.29 is 18.5 Å². The lowest BCUT2D eigenvalue weighted by Crippen LogP contribution is -2.13. The highest BCUT2D eigenvalue weighted by Gasteiger charge is 2.19. The third-order valence-electron chi connectivity index (χ3n) is 2.62. The maximum Gasteiger partial charge on any atom is 0.307 e. The van der Waals surface area contributed by atoms with Crippen LogP contribution in [-0.4, -0.2) is 17.4 Å². The number of nitro benzene ring substituents is 1. The first kappa shape index (κ1) is 16.0. The number of nitrogens with two attached hydrogens (primary N) is 1. The molecule has 0 aromatic heterocycles. The van der Waals surface area contributed by atoms with Crippen molar-refractivity contribution in [2.75, 3.05) is 11.9 Å². The molecule has 0 aliphatic carbocycles. The molecule has 1 aromatic rings. The summed E-state index contributed by atoms with van der Waals surface area (Å²) in [6.45, 7) is 0.528. The molecule has 0 saturated carbocycles. The van der Waals surface area contributed by atoms with Gasteiger partial charge in [-0.05, 0) is 19.4 Å². The molecular formula is C12H15F2N3O3. The summed E-state index contributed by atoms with van der Waals surface area (Å²) in [5, 5.41) is 12.7. The van der Waals surface area contributed by atoms with Crippen LogP contribution in [0.3, 0.4) is 0 Å². The molecule has 0 radical (unpaired) electrons. The monoisotopic (exact) mass is 287 g/mol. The van der Waals surface area contributed by atoms with Gasteiger partial charge in [0.1, 0.15) is 5.82 Å². The van der Waals surface area contributed by atoms with Crippen LogP contribution in [0.15, 0.2) is 12.1 Å². The number of unbranched alkanes of at least 4 members (excludes halogenated alkanes) is 2. The Morgan fingerprint density at radius 2 is 1.95 bits per heavy atom. The number of rotatable bonds is 7. The Morgan fingerprint density at radius 1 is 1.25 bits per heavy atom. The third kappa shape index (κ3) is 4.54. The topological polar surface area (TPSA) is 98.3 Å². The van der Waals surface area contributed by atoms with Gasteiger partial charge in [-0.25, -0.2) is 4.39 Å². The van der Waals surface area contributed by atoms with Crippen molar-refractivity contribution in [2.45, 2.75) is 25.7 Å². The van der Waals surface area contributed by atoms with E-state index in [2.05, 4.69) is 5.32 Å². The molecule has 3 N–H and O–H groups in total. The van der Waals surface area contributed by atoms with Gasteiger partial charge in [0.25, 0.3) is 0 Å². The number of benzene rings is 1. The number of carbonyl (C=O) groups excluding carboxylic acids is 1. The molecule has 110 valence electrons. The minimum atomic E-state index is -1.28. The van der Waals surface area contributed by atoms with Gasteiger partial charge in [0.15, 0.2) is 0 Å². The number of anilines is 1. The van der Waals surface area contributed by atoms with Gasteiger partial charge in [-0.3, -0.25) is 14.9 Å². The Labute approximate surface area is 114 Å². The lowest BCUT2D eigenvalue weighted by molar-refractivity contribution is -0.387. The second-order valence-corrected chi connectivity index (χ2v) is 4.19. The molecule has 8 heteroatoms. The summed E-state index contributed by atoms with van der Waals surface area (Å²) in [6.07, 6.45) is 2.26. The Hall–Kier alpha value is -2.09. The van der Waals surface area contributed by atoms with E-state index in [4.69, 9.17) is 5.73 Å². The summed E-state index contributed by atoms with van der Waals surface area (Å²) in [6, 6.07) is 1.05. The molecule has 0 heterocycles. The quantitative estimate of drug-likeness (QED) is 0.457. The SMILES string of the molecule is NCCCCCC(=O)Nc1cc([N+](=O)[O-])c(F)cc1F. The van der Waals surface area contributed by atoms with E-state index >= 15 is 0 Å². The zero-order chi connectivity index (χ0) is 15.1. The second kappa shape index (κ2) is 7.49. The van der Waals surface area contributed by atoms with Crippen molar-refractivity contribution in [1.29, 1.82) is 0 Å². The molecule has 1 amide bonds. The van der Waals surface area contributed by atoms with Crippen molar-refractivity contribution in [3.05, 3.63) is 33.9 Å². The van der Waals surface area contributed by atoms with Crippen molar-refractivity contribution in [3.8, 4) is 0 Å². The van der Waals surface area contributed by atoms with E-state index in [0.29, 0.717) is 25.1 Å². The predicted octanol–water partition coefficient (Wildman–Crippen LogP) is 2.33. The van der Waals surface area contributed by atoms with Gasteiger partial charge in [-0.2, -0.15) is 4.39 Å². The summed E-state index contributed by atoms with van der Waals surface area (Å²) < 4.78 is 26.5. The molecule has 0 saturated heterocycles. The number of nitrogens with zero attached hydrogens (tertiary/aromatic N) is 1. The first-order valence-electron chi connectivity index (χ1n) is 6.09. The Morgan fingerprint density at radius 3 is 2.55 bits per heavy atom. The highest BCUT2D eigenvalue weighted by Crippen LogP contribution is 2.25. The smallest absolute Gasteiger partial charge is 0.307 e. The number of nitrogens with one attached hydrogen (secondary N) is 1. The predicted molar refractivity (Wildman–Crippen MR) is 69.2 cm³/mol. The van der Waals surface area contributed by atoms with E-state index in [1.165, 1.54) is 0 Å². The van der Waals surface area contributed by atoms with Crippen LogP contribution < -0.4 is 11.1 Å². The molecular weight excluding hydrogens is 272 g/mol. The highest BCUT2D eigenvalue weighted by molar-refractivity contribution is 5.91. The van der Waals surface area contributed by atoms with E-state index in [-0.39, 0.29) is 6.42 Å². The summed E-state index contributed by atoms with van der Waals surface area (Å²) >= 11 is 0. The van der Waals surface area contributed by atoms with Crippen LogP contribution in [0.5, 0.6) is 0 Å². The van der Waals surface area contributed by atoms with Gasteiger partial charge in [0, 0.05) is 18.6 Å². The van der Waals surface area contributed by atoms with Crippen LogP contribution in [0.25, 0.3) is 0 Å². The molecule has 0 fully saturated rings. The molecule has 0 unspecified atom stereocenters. The number of hydrogen-bond acceptors (Lipinski definition) is 4. The number of hydrogen-bond donors (Lipinski definition) is 2. The van der Waals surface area contributed by atoms with Gasteiger partial charge in [-0.15, -0.1) is 0 Å². The minimum Gasteiger partial charge on any atom is -0.330 e. The van der Waals surface area contributed by atoms with E-state index in [1.807, 2.05) is 0 Å². The summed E-state index contributed by atoms with van der Waals surface area (Å²) in [5.74, 6) is -2.82. The zero-order valence-corrected chi connectivity index (χ0v) is 10.7. The van der Waals surface area contributed by atoms with Crippen molar-refractivity contribution in [1.82, 2.24) is 0 Å². The fraction of sp³-hybridized carbons (Fsp3) is 0.417. The summed E-state index contributed by atoms with van der Waals surface area (Å²) in [7, 11) is 0. The molecule has 0 aliphatic heterocycles. The summed E-state index contributed by atoms with van der Waals surface area (Å²) in [4.78, 5) is 21.1. The average Bonchev–Trinajstić information content (AvgIpc) is 2.37. The first-order valence-corrected chi connectivity index (χ1v) is 6.09. The normalized spacial score (nSPS) is 10.3. The van der Waals surface area contributed by atoms with E-state index < -0.39 is 33.8 Å². The molecule has 1 rings (SSSR count). The molecule has 0 bridgehead atoms. The standard InChI is InChI=1S/C12H15F2N3O3/c13-8-6-9(14)11(17(19)20)7-10(8)16-12(18)4-2-1-3-5-15/h6-7H,1-5,15H2,(H,16,18). The molecule has 1 aromatic carbocycles. The van der Waals surface area contributed by atoms with Crippen molar-refractivity contribution in [2.24, 2.45) is 5.73 Å². The molecule has 6 nitrogen and oxygen atoms in total. The van der Waals surface area contributed by atoms with Crippen molar-refractivity contribution in [3.63, 3.8) is 0 Å². The highest BCUT2D eigenvalue weighted by atomic mass is 19.1. The summed E-state index contributed by atoms with van der Waals surface area (Å²) in [5.41, 5.74) is 4.01. The third-order valence-corrected chi connectivity index (χ3v) is 2.62. The lowest BCUT2D eigenvalue weighted by atomic mass is 10.2. The van der Waals surface area contributed by atoms with Gasteiger partial charge < -0.3 is 11.1 Å². The van der Waals surface area contributed by atoms with Crippen LogP contribution in [0.1, 0.15) is 25.7 Å². The van der Waals surface area contributed by atoms with E-state index in [9.17, 15) is 23.7 Å².